The highest BCUT2D eigenvalue weighted by atomic mass is 16.5. The molecule has 1 N–H and O–H groups in total. The van der Waals surface area contributed by atoms with Crippen LogP contribution in [0.3, 0.4) is 0 Å². The average molecular weight is 508 g/mol. The summed E-state index contributed by atoms with van der Waals surface area (Å²) in [4.78, 5) is 26.9. The molecule has 1 amide bonds. The number of amides is 1. The van der Waals surface area contributed by atoms with Gasteiger partial charge in [-0.3, -0.25) is 4.79 Å². The smallest absolute Gasteiger partial charge is 0.272 e. The minimum Gasteiger partial charge on any atom is -0.379 e. The number of hydrogen-bond acceptors (Lipinski definition) is 7. The molecule has 3 atom stereocenters. The number of carbonyl (C=O) groups is 1. The molecule has 3 aliphatic rings. The Bertz CT molecular complexity index is 1050. The van der Waals surface area contributed by atoms with E-state index >= 15 is 0 Å². The lowest BCUT2D eigenvalue weighted by molar-refractivity contribution is -0.0533. The number of nitrogens with one attached hydrogen (secondary N) is 1. The maximum absolute atomic E-state index is 13.5. The molecule has 200 valence electrons. The SMILES string of the molecule is COC1COCCC1NC1CCN(C(=O)c2ncnc(N3CCCC(c4ccc(C)cc4)C3)c2C)CC1. The Balaban J connectivity index is 1.21. The number of rotatable bonds is 6. The van der Waals surface area contributed by atoms with Crippen LogP contribution in [0, 0.1) is 13.8 Å². The molecule has 0 aliphatic carbocycles. The van der Waals surface area contributed by atoms with Gasteiger partial charge < -0.3 is 24.6 Å². The third-order valence-electron chi connectivity index (χ3n) is 8.37. The summed E-state index contributed by atoms with van der Waals surface area (Å²) < 4.78 is 11.2. The highest BCUT2D eigenvalue weighted by Gasteiger charge is 2.32. The van der Waals surface area contributed by atoms with Gasteiger partial charge in [0.2, 0.25) is 0 Å². The van der Waals surface area contributed by atoms with Crippen LogP contribution in [0.5, 0.6) is 0 Å². The first-order valence-electron chi connectivity index (χ1n) is 13.8. The normalized spacial score (nSPS) is 25.3. The number of likely N-dealkylation sites (tertiary alicyclic amines) is 1. The summed E-state index contributed by atoms with van der Waals surface area (Å²) in [5.74, 6) is 1.40. The molecular formula is C29H41N5O3. The van der Waals surface area contributed by atoms with Gasteiger partial charge in [-0.1, -0.05) is 29.8 Å². The van der Waals surface area contributed by atoms with Gasteiger partial charge in [0.25, 0.3) is 5.91 Å². The Morgan fingerprint density at radius 1 is 1.05 bits per heavy atom. The van der Waals surface area contributed by atoms with E-state index in [2.05, 4.69) is 51.4 Å². The van der Waals surface area contributed by atoms with Crippen LogP contribution in [0.25, 0.3) is 0 Å². The molecule has 0 bridgehead atoms. The molecule has 0 radical (unpaired) electrons. The van der Waals surface area contributed by atoms with E-state index in [4.69, 9.17) is 9.47 Å². The summed E-state index contributed by atoms with van der Waals surface area (Å²) in [5.41, 5.74) is 4.10. The molecule has 3 aliphatic heterocycles. The third-order valence-corrected chi connectivity index (χ3v) is 8.37. The first-order valence-corrected chi connectivity index (χ1v) is 13.8. The Morgan fingerprint density at radius 3 is 2.59 bits per heavy atom. The van der Waals surface area contributed by atoms with Crippen molar-refractivity contribution in [2.45, 2.75) is 70.1 Å². The fraction of sp³-hybridized carbons (Fsp3) is 0.621. The van der Waals surface area contributed by atoms with Crippen molar-refractivity contribution in [1.82, 2.24) is 20.2 Å². The molecule has 0 spiro atoms. The summed E-state index contributed by atoms with van der Waals surface area (Å²) in [6.07, 6.45) is 6.77. The number of ether oxygens (including phenoxy) is 2. The van der Waals surface area contributed by atoms with E-state index in [1.807, 2.05) is 11.8 Å². The van der Waals surface area contributed by atoms with E-state index in [1.165, 1.54) is 17.5 Å². The lowest BCUT2D eigenvalue weighted by Crippen LogP contribution is -2.54. The first kappa shape index (κ1) is 26.1. The Hall–Kier alpha value is -2.55. The predicted molar refractivity (Wildman–Crippen MR) is 144 cm³/mol. The van der Waals surface area contributed by atoms with Gasteiger partial charge >= 0.3 is 0 Å². The van der Waals surface area contributed by atoms with Crippen molar-refractivity contribution in [3.8, 4) is 0 Å². The molecule has 4 heterocycles. The van der Waals surface area contributed by atoms with Gasteiger partial charge in [0, 0.05) is 63.5 Å². The van der Waals surface area contributed by atoms with Crippen LogP contribution in [0.2, 0.25) is 0 Å². The van der Waals surface area contributed by atoms with Crippen LogP contribution >= 0.6 is 0 Å². The van der Waals surface area contributed by atoms with Crippen molar-refractivity contribution in [3.63, 3.8) is 0 Å². The molecule has 3 saturated heterocycles. The van der Waals surface area contributed by atoms with Gasteiger partial charge in [-0.2, -0.15) is 0 Å². The first-order chi connectivity index (χ1) is 18.0. The second-order valence-electron chi connectivity index (χ2n) is 10.8. The number of piperidine rings is 2. The lowest BCUT2D eigenvalue weighted by atomic mass is 9.90. The van der Waals surface area contributed by atoms with Crippen molar-refractivity contribution >= 4 is 11.7 Å². The summed E-state index contributed by atoms with van der Waals surface area (Å²) >= 11 is 0. The molecule has 1 aromatic carbocycles. The zero-order valence-corrected chi connectivity index (χ0v) is 22.5. The molecular weight excluding hydrogens is 466 g/mol. The van der Waals surface area contributed by atoms with Crippen molar-refractivity contribution in [2.24, 2.45) is 0 Å². The van der Waals surface area contributed by atoms with Crippen molar-refractivity contribution in [1.29, 1.82) is 0 Å². The monoisotopic (exact) mass is 507 g/mol. The second-order valence-corrected chi connectivity index (χ2v) is 10.8. The maximum atomic E-state index is 13.5. The van der Waals surface area contributed by atoms with Crippen LogP contribution in [0.15, 0.2) is 30.6 Å². The molecule has 1 aromatic heterocycles. The number of aromatic nitrogens is 2. The standard InChI is InChI=1S/C29H41N5O3/c1-20-6-8-22(9-7-20)23-5-4-13-34(17-23)28-21(2)27(30-19-31-28)29(35)33-14-10-24(11-15-33)32-25-12-16-37-18-26(25)36-3/h6-9,19,23-26,32H,4-5,10-18H2,1-3H3. The van der Waals surface area contributed by atoms with Gasteiger partial charge in [-0.05, 0) is 51.5 Å². The minimum absolute atomic E-state index is 0.0209. The van der Waals surface area contributed by atoms with Gasteiger partial charge in [0.15, 0.2) is 0 Å². The van der Waals surface area contributed by atoms with Crippen molar-refractivity contribution in [3.05, 3.63) is 53.0 Å². The minimum atomic E-state index is 0.0209. The number of anilines is 1. The number of carbonyl (C=O) groups excluding carboxylic acids is 1. The number of benzene rings is 1. The Kier molecular flexibility index (Phi) is 8.37. The molecule has 3 fully saturated rings. The van der Waals surface area contributed by atoms with E-state index in [0.717, 1.165) is 69.9 Å². The van der Waals surface area contributed by atoms with Crippen LogP contribution in [0.4, 0.5) is 5.82 Å². The topological polar surface area (TPSA) is 79.8 Å². The van der Waals surface area contributed by atoms with Crippen molar-refractivity contribution in [2.75, 3.05) is 51.4 Å². The fourth-order valence-corrected chi connectivity index (χ4v) is 6.09. The zero-order valence-electron chi connectivity index (χ0n) is 22.5. The largest absolute Gasteiger partial charge is 0.379 e. The van der Waals surface area contributed by atoms with E-state index < -0.39 is 0 Å². The van der Waals surface area contributed by atoms with Crippen LogP contribution in [-0.2, 0) is 9.47 Å². The van der Waals surface area contributed by atoms with E-state index in [-0.39, 0.29) is 12.0 Å². The summed E-state index contributed by atoms with van der Waals surface area (Å²) in [6, 6.07) is 9.59. The number of nitrogens with zero attached hydrogens (tertiary/aromatic N) is 4. The van der Waals surface area contributed by atoms with Crippen LogP contribution in [-0.4, -0.2) is 85.5 Å². The van der Waals surface area contributed by atoms with Gasteiger partial charge in [-0.25, -0.2) is 9.97 Å². The summed E-state index contributed by atoms with van der Waals surface area (Å²) in [6.45, 7) is 8.88. The fourth-order valence-electron chi connectivity index (χ4n) is 6.09. The molecule has 0 saturated carbocycles. The highest BCUT2D eigenvalue weighted by molar-refractivity contribution is 5.94. The molecule has 8 nitrogen and oxygen atoms in total. The molecule has 8 heteroatoms. The van der Waals surface area contributed by atoms with Gasteiger partial charge in [-0.15, -0.1) is 0 Å². The molecule has 2 aromatic rings. The summed E-state index contributed by atoms with van der Waals surface area (Å²) in [5, 5.41) is 3.77. The van der Waals surface area contributed by atoms with E-state index in [1.54, 1.807) is 13.4 Å². The molecule has 37 heavy (non-hydrogen) atoms. The van der Waals surface area contributed by atoms with E-state index in [0.29, 0.717) is 30.3 Å². The van der Waals surface area contributed by atoms with Crippen molar-refractivity contribution < 1.29 is 14.3 Å². The second kappa shape index (κ2) is 11.9. The highest BCUT2D eigenvalue weighted by Crippen LogP contribution is 2.31. The number of methoxy groups -OCH3 is 1. The molecule has 3 unspecified atom stereocenters. The van der Waals surface area contributed by atoms with Crippen LogP contribution in [0.1, 0.15) is 65.2 Å². The Labute approximate surface area is 220 Å². The van der Waals surface area contributed by atoms with E-state index in [9.17, 15) is 4.79 Å². The number of hydrogen-bond donors (Lipinski definition) is 1. The zero-order chi connectivity index (χ0) is 25.8. The third kappa shape index (κ3) is 5.97. The van der Waals surface area contributed by atoms with Gasteiger partial charge in [0.05, 0.1) is 12.7 Å². The summed E-state index contributed by atoms with van der Waals surface area (Å²) in [7, 11) is 1.75. The lowest BCUT2D eigenvalue weighted by Gasteiger charge is -2.38. The van der Waals surface area contributed by atoms with Gasteiger partial charge in [0.1, 0.15) is 17.8 Å². The molecule has 5 rings (SSSR count). The average Bonchev–Trinajstić information content (AvgIpc) is 2.94. The quantitative estimate of drug-likeness (QED) is 0.641. The Morgan fingerprint density at radius 2 is 1.84 bits per heavy atom. The number of aryl methyl sites for hydroxylation is 1. The predicted octanol–water partition coefficient (Wildman–Crippen LogP) is 3.48. The maximum Gasteiger partial charge on any atom is 0.272 e. The van der Waals surface area contributed by atoms with Crippen LogP contribution < -0.4 is 10.2 Å².